The van der Waals surface area contributed by atoms with E-state index in [0.29, 0.717) is 44.8 Å². The number of hydrazone groups is 1. The number of amides is 2. The Bertz CT molecular complexity index is 1180. The fourth-order valence-corrected chi connectivity index (χ4v) is 3.20. The first-order valence-corrected chi connectivity index (χ1v) is 10.6. The molecule has 3 aromatic carbocycles. The maximum Gasteiger partial charge on any atom is 0.271 e. The van der Waals surface area contributed by atoms with Crippen LogP contribution in [0.3, 0.4) is 0 Å². The van der Waals surface area contributed by atoms with Crippen molar-refractivity contribution in [3.63, 3.8) is 0 Å². The first-order valence-electron chi connectivity index (χ1n) is 10.2. The van der Waals surface area contributed by atoms with E-state index in [-0.39, 0.29) is 5.91 Å². The Morgan fingerprint density at radius 1 is 0.765 bits per heavy atom. The molecule has 8 nitrogen and oxygen atoms in total. The summed E-state index contributed by atoms with van der Waals surface area (Å²) in [5, 5.41) is 7.56. The summed E-state index contributed by atoms with van der Waals surface area (Å²) in [6, 6.07) is 16.8. The van der Waals surface area contributed by atoms with Gasteiger partial charge in [-0.25, -0.2) is 5.43 Å². The van der Waals surface area contributed by atoms with Gasteiger partial charge in [-0.05, 0) is 61.0 Å². The SMILES string of the molecule is COc1cc(C(=O)NN=C(C)c2ccc(NC(=O)c3ccc(Cl)cc3)cc2)cc(OC)c1OC. The summed E-state index contributed by atoms with van der Waals surface area (Å²) in [4.78, 5) is 25.0. The molecular weight excluding hydrogens is 458 g/mol. The van der Waals surface area contributed by atoms with Gasteiger partial charge in [-0.2, -0.15) is 5.10 Å². The van der Waals surface area contributed by atoms with Crippen LogP contribution in [0.25, 0.3) is 0 Å². The molecule has 176 valence electrons. The molecular formula is C25H24ClN3O5. The van der Waals surface area contributed by atoms with Crippen LogP contribution < -0.4 is 25.0 Å². The standard InChI is InChI=1S/C25H24ClN3O5/c1-15(28-29-25(31)18-13-21(32-2)23(34-4)22(14-18)33-3)16-7-11-20(12-8-16)27-24(30)17-5-9-19(26)10-6-17/h5-14H,1-4H3,(H,27,30)(H,29,31). The molecule has 3 aromatic rings. The van der Waals surface area contributed by atoms with E-state index in [2.05, 4.69) is 15.8 Å². The van der Waals surface area contributed by atoms with Gasteiger partial charge >= 0.3 is 0 Å². The van der Waals surface area contributed by atoms with Crippen LogP contribution >= 0.6 is 11.6 Å². The second-order valence-corrected chi connectivity index (χ2v) is 7.53. The Balaban J connectivity index is 1.68. The molecule has 0 atom stereocenters. The van der Waals surface area contributed by atoms with Crippen molar-refractivity contribution in [3.05, 3.63) is 82.4 Å². The molecule has 0 unspecified atom stereocenters. The van der Waals surface area contributed by atoms with E-state index in [4.69, 9.17) is 25.8 Å². The summed E-state index contributed by atoms with van der Waals surface area (Å²) in [5.41, 5.74) is 5.30. The number of benzene rings is 3. The van der Waals surface area contributed by atoms with Gasteiger partial charge in [0.15, 0.2) is 11.5 Å². The number of nitrogens with one attached hydrogen (secondary N) is 2. The number of methoxy groups -OCH3 is 3. The molecule has 0 aliphatic heterocycles. The van der Waals surface area contributed by atoms with Crippen molar-refractivity contribution in [1.29, 1.82) is 0 Å². The summed E-state index contributed by atoms with van der Waals surface area (Å²) in [6.45, 7) is 1.76. The number of hydrogen-bond donors (Lipinski definition) is 2. The fraction of sp³-hybridized carbons (Fsp3) is 0.160. The minimum Gasteiger partial charge on any atom is -0.493 e. The molecule has 0 aliphatic rings. The average Bonchev–Trinajstić information content (AvgIpc) is 2.86. The minimum atomic E-state index is -0.439. The summed E-state index contributed by atoms with van der Waals surface area (Å²) < 4.78 is 15.8. The highest BCUT2D eigenvalue weighted by Gasteiger charge is 2.17. The average molecular weight is 482 g/mol. The number of hydrogen-bond acceptors (Lipinski definition) is 6. The van der Waals surface area contributed by atoms with Crippen LogP contribution in [-0.2, 0) is 0 Å². The maximum atomic E-state index is 12.6. The normalized spacial score (nSPS) is 10.9. The third-order valence-corrected chi connectivity index (χ3v) is 5.17. The lowest BCUT2D eigenvalue weighted by molar-refractivity contribution is 0.0953. The predicted octanol–water partition coefficient (Wildman–Crippen LogP) is 4.77. The van der Waals surface area contributed by atoms with Crippen LogP contribution in [0.2, 0.25) is 5.02 Å². The molecule has 0 saturated carbocycles. The molecule has 3 rings (SSSR count). The Labute approximate surface area is 202 Å². The highest BCUT2D eigenvalue weighted by atomic mass is 35.5. The number of anilines is 1. The van der Waals surface area contributed by atoms with Gasteiger partial charge < -0.3 is 19.5 Å². The van der Waals surface area contributed by atoms with Crippen LogP contribution in [0, 0.1) is 0 Å². The van der Waals surface area contributed by atoms with Crippen LogP contribution in [0.15, 0.2) is 65.8 Å². The van der Waals surface area contributed by atoms with E-state index < -0.39 is 5.91 Å². The van der Waals surface area contributed by atoms with Crippen LogP contribution in [-0.4, -0.2) is 38.9 Å². The molecule has 2 N–H and O–H groups in total. The molecule has 9 heteroatoms. The molecule has 0 spiro atoms. The second-order valence-electron chi connectivity index (χ2n) is 7.09. The van der Waals surface area contributed by atoms with Gasteiger partial charge in [0.05, 0.1) is 27.0 Å². The van der Waals surface area contributed by atoms with Crippen molar-refractivity contribution in [2.24, 2.45) is 5.10 Å². The lowest BCUT2D eigenvalue weighted by Crippen LogP contribution is -2.19. The fourth-order valence-electron chi connectivity index (χ4n) is 3.08. The first kappa shape index (κ1) is 24.6. The summed E-state index contributed by atoms with van der Waals surface area (Å²) in [5.74, 6) is 0.440. The summed E-state index contributed by atoms with van der Waals surface area (Å²) in [6.07, 6.45) is 0. The zero-order valence-electron chi connectivity index (χ0n) is 19.1. The monoisotopic (exact) mass is 481 g/mol. The lowest BCUT2D eigenvalue weighted by Gasteiger charge is -2.13. The van der Waals surface area contributed by atoms with Crippen molar-refractivity contribution in [1.82, 2.24) is 5.43 Å². The number of ether oxygens (including phenoxy) is 3. The van der Waals surface area contributed by atoms with Crippen LogP contribution in [0.1, 0.15) is 33.2 Å². The Hall–Kier alpha value is -4.04. The van der Waals surface area contributed by atoms with Crippen molar-refractivity contribution < 1.29 is 23.8 Å². The van der Waals surface area contributed by atoms with Crippen molar-refractivity contribution in [3.8, 4) is 17.2 Å². The van der Waals surface area contributed by atoms with E-state index >= 15 is 0 Å². The number of carbonyl (C=O) groups excluding carboxylic acids is 2. The van der Waals surface area contributed by atoms with Gasteiger partial charge in [0.2, 0.25) is 5.75 Å². The first-order chi connectivity index (χ1) is 16.4. The third kappa shape index (κ3) is 5.85. The number of nitrogens with zero attached hydrogens (tertiary/aromatic N) is 1. The zero-order valence-corrected chi connectivity index (χ0v) is 19.9. The van der Waals surface area contributed by atoms with Gasteiger partial charge in [-0.15, -0.1) is 0 Å². The minimum absolute atomic E-state index is 0.243. The molecule has 0 aromatic heterocycles. The van der Waals surface area contributed by atoms with Gasteiger partial charge in [-0.3, -0.25) is 9.59 Å². The van der Waals surface area contributed by atoms with Gasteiger partial charge in [0, 0.05) is 21.8 Å². The number of carbonyl (C=O) groups is 2. The van der Waals surface area contributed by atoms with Crippen LogP contribution in [0.4, 0.5) is 5.69 Å². The summed E-state index contributed by atoms with van der Waals surface area (Å²) in [7, 11) is 4.44. The van der Waals surface area contributed by atoms with E-state index in [1.807, 2.05) is 0 Å². The Morgan fingerprint density at radius 2 is 1.32 bits per heavy atom. The third-order valence-electron chi connectivity index (χ3n) is 4.92. The zero-order chi connectivity index (χ0) is 24.7. The van der Waals surface area contributed by atoms with E-state index in [0.717, 1.165) is 5.56 Å². The van der Waals surface area contributed by atoms with Gasteiger partial charge in [0.1, 0.15) is 0 Å². The summed E-state index contributed by atoms with van der Waals surface area (Å²) >= 11 is 5.86. The van der Waals surface area contributed by atoms with E-state index in [1.54, 1.807) is 67.6 Å². The van der Waals surface area contributed by atoms with Crippen molar-refractivity contribution >= 4 is 34.8 Å². The smallest absolute Gasteiger partial charge is 0.271 e. The predicted molar refractivity (Wildman–Crippen MR) is 132 cm³/mol. The van der Waals surface area contributed by atoms with E-state index in [1.165, 1.54) is 21.3 Å². The lowest BCUT2D eigenvalue weighted by atomic mass is 10.1. The molecule has 0 bridgehead atoms. The van der Waals surface area contributed by atoms with Gasteiger partial charge in [0.25, 0.3) is 11.8 Å². The quantitative estimate of drug-likeness (QED) is 0.356. The molecule has 0 fully saturated rings. The molecule has 0 aliphatic carbocycles. The van der Waals surface area contributed by atoms with Gasteiger partial charge in [-0.1, -0.05) is 23.7 Å². The molecule has 34 heavy (non-hydrogen) atoms. The Morgan fingerprint density at radius 3 is 1.85 bits per heavy atom. The molecule has 0 heterocycles. The largest absolute Gasteiger partial charge is 0.493 e. The Kier molecular flexibility index (Phi) is 8.10. The number of halogens is 1. The van der Waals surface area contributed by atoms with Crippen molar-refractivity contribution in [2.45, 2.75) is 6.92 Å². The molecule has 2 amide bonds. The maximum absolute atomic E-state index is 12.6. The van der Waals surface area contributed by atoms with Crippen molar-refractivity contribution in [2.75, 3.05) is 26.6 Å². The molecule has 0 saturated heterocycles. The highest BCUT2D eigenvalue weighted by Crippen LogP contribution is 2.38. The van der Waals surface area contributed by atoms with Crippen LogP contribution in [0.5, 0.6) is 17.2 Å². The highest BCUT2D eigenvalue weighted by molar-refractivity contribution is 6.30. The topological polar surface area (TPSA) is 98.2 Å². The number of rotatable bonds is 8. The van der Waals surface area contributed by atoms with E-state index in [9.17, 15) is 9.59 Å². The second kappa shape index (κ2) is 11.2. The molecule has 0 radical (unpaired) electrons.